The van der Waals surface area contributed by atoms with Crippen molar-refractivity contribution in [3.05, 3.63) is 62.7 Å². The number of anilines is 1. The molecule has 2 aromatic rings. The van der Waals surface area contributed by atoms with Crippen LogP contribution in [0.5, 0.6) is 0 Å². The Morgan fingerprint density at radius 2 is 2.00 bits per heavy atom. The van der Waals surface area contributed by atoms with Crippen molar-refractivity contribution in [2.24, 2.45) is 0 Å². The van der Waals surface area contributed by atoms with Crippen LogP contribution in [0.25, 0.3) is 0 Å². The number of carbonyl (C=O) groups is 1. The number of rotatable bonds is 5. The summed E-state index contributed by atoms with van der Waals surface area (Å²) in [5.74, 6) is -0.00918. The molecule has 0 aliphatic heterocycles. The Kier molecular flexibility index (Phi) is 6.02. The van der Waals surface area contributed by atoms with Gasteiger partial charge in [0.15, 0.2) is 6.54 Å². The molecule has 21 heavy (non-hydrogen) atoms. The van der Waals surface area contributed by atoms with Crippen molar-refractivity contribution in [3.8, 4) is 0 Å². The third-order valence-corrected chi connectivity index (χ3v) is 4.11. The molecular weight excluding hydrogens is 399 g/mol. The first kappa shape index (κ1) is 16.3. The van der Waals surface area contributed by atoms with E-state index in [0.717, 1.165) is 19.8 Å². The molecule has 1 atom stereocenters. The van der Waals surface area contributed by atoms with Crippen LogP contribution in [0.3, 0.4) is 0 Å². The van der Waals surface area contributed by atoms with Crippen LogP contribution < -0.4 is 10.6 Å². The molecule has 1 amide bonds. The predicted octanol–water partition coefficient (Wildman–Crippen LogP) is 3.21. The van der Waals surface area contributed by atoms with Gasteiger partial charge >= 0.3 is 0 Å². The minimum Gasteiger partial charge on any atom is -0.333 e. The highest BCUT2D eigenvalue weighted by atomic mass is 127. The average molecular weight is 416 g/mol. The highest BCUT2D eigenvalue weighted by Gasteiger charge is 2.11. The SMILES string of the molecule is C[C@@H]([NH2+]CC(=O)Nc1ccc(I)cc1)c1cccc(Cl)c1. The standard InChI is InChI=1S/C16H16ClIN2O/c1-11(12-3-2-4-13(17)9-12)19-10-16(21)20-15-7-5-14(18)6-8-15/h2-9,11,19H,10H2,1H3,(H,20,21)/p+1/t11-/m1/s1. The lowest BCUT2D eigenvalue weighted by Crippen LogP contribution is -2.86. The lowest BCUT2D eigenvalue weighted by atomic mass is 10.1. The minimum atomic E-state index is -0.00918. The summed E-state index contributed by atoms with van der Waals surface area (Å²) in [4.78, 5) is 11.9. The normalized spacial score (nSPS) is 12.0. The van der Waals surface area contributed by atoms with Gasteiger partial charge in [-0.2, -0.15) is 0 Å². The van der Waals surface area contributed by atoms with Gasteiger partial charge in [-0.25, -0.2) is 0 Å². The second kappa shape index (κ2) is 7.77. The molecule has 0 saturated carbocycles. The van der Waals surface area contributed by atoms with Gasteiger partial charge in [0, 0.05) is 19.8 Å². The number of nitrogens with two attached hydrogens (primary N) is 1. The lowest BCUT2D eigenvalue weighted by molar-refractivity contribution is -0.682. The van der Waals surface area contributed by atoms with Crippen LogP contribution in [0.1, 0.15) is 18.5 Å². The number of hydrogen-bond donors (Lipinski definition) is 2. The molecule has 3 nitrogen and oxygen atoms in total. The number of quaternary nitrogens is 1. The first-order valence-electron chi connectivity index (χ1n) is 6.69. The molecule has 0 aliphatic rings. The summed E-state index contributed by atoms with van der Waals surface area (Å²) in [6.45, 7) is 2.43. The van der Waals surface area contributed by atoms with Gasteiger partial charge in [0.05, 0.1) is 0 Å². The highest BCUT2D eigenvalue weighted by Crippen LogP contribution is 2.14. The fraction of sp³-hybridized carbons (Fsp3) is 0.188. The molecule has 0 saturated heterocycles. The van der Waals surface area contributed by atoms with Crippen molar-refractivity contribution in [2.75, 3.05) is 11.9 Å². The Bertz CT molecular complexity index is 616. The van der Waals surface area contributed by atoms with E-state index in [1.54, 1.807) is 0 Å². The summed E-state index contributed by atoms with van der Waals surface area (Å²) in [7, 11) is 0. The molecule has 5 heteroatoms. The smallest absolute Gasteiger partial charge is 0.279 e. The molecule has 0 aliphatic carbocycles. The third kappa shape index (κ3) is 5.30. The second-order valence-corrected chi connectivity index (χ2v) is 6.52. The average Bonchev–Trinajstić information content (AvgIpc) is 2.47. The molecule has 0 unspecified atom stereocenters. The Balaban J connectivity index is 1.84. The number of carbonyl (C=O) groups excluding carboxylic acids is 1. The topological polar surface area (TPSA) is 45.7 Å². The Hall–Kier alpha value is -1.11. The second-order valence-electron chi connectivity index (χ2n) is 4.84. The first-order chi connectivity index (χ1) is 10.0. The largest absolute Gasteiger partial charge is 0.333 e. The molecule has 3 N–H and O–H groups in total. The highest BCUT2D eigenvalue weighted by molar-refractivity contribution is 14.1. The van der Waals surface area contributed by atoms with Gasteiger partial charge in [-0.3, -0.25) is 4.79 Å². The monoisotopic (exact) mass is 415 g/mol. The van der Waals surface area contributed by atoms with Gasteiger partial charge < -0.3 is 10.6 Å². The lowest BCUT2D eigenvalue weighted by Gasteiger charge is -2.11. The van der Waals surface area contributed by atoms with E-state index in [1.807, 2.05) is 53.8 Å². The van der Waals surface area contributed by atoms with E-state index in [2.05, 4.69) is 34.8 Å². The summed E-state index contributed by atoms with van der Waals surface area (Å²) < 4.78 is 1.15. The molecular formula is C16H17ClIN2O+. The van der Waals surface area contributed by atoms with Gasteiger partial charge in [-0.05, 0) is 65.9 Å². The number of benzene rings is 2. The van der Waals surface area contributed by atoms with Crippen molar-refractivity contribution >= 4 is 45.8 Å². The van der Waals surface area contributed by atoms with E-state index < -0.39 is 0 Å². The summed E-state index contributed by atoms with van der Waals surface area (Å²) in [5, 5.41) is 5.60. The molecule has 0 heterocycles. The van der Waals surface area contributed by atoms with Crippen LogP contribution in [-0.4, -0.2) is 12.5 Å². The van der Waals surface area contributed by atoms with E-state index in [-0.39, 0.29) is 11.9 Å². The summed E-state index contributed by atoms with van der Waals surface area (Å²) in [6.07, 6.45) is 0. The molecule has 2 aromatic carbocycles. The third-order valence-electron chi connectivity index (χ3n) is 3.16. The Morgan fingerprint density at radius 3 is 2.67 bits per heavy atom. The number of amides is 1. The zero-order chi connectivity index (χ0) is 15.2. The van der Waals surface area contributed by atoms with Crippen LogP contribution in [-0.2, 0) is 4.79 Å². The van der Waals surface area contributed by atoms with E-state index in [9.17, 15) is 4.79 Å². The van der Waals surface area contributed by atoms with E-state index in [4.69, 9.17) is 11.6 Å². The maximum atomic E-state index is 11.9. The summed E-state index contributed by atoms with van der Waals surface area (Å²) in [6, 6.07) is 15.6. The predicted molar refractivity (Wildman–Crippen MR) is 94.4 cm³/mol. The van der Waals surface area contributed by atoms with Crippen molar-refractivity contribution in [3.63, 3.8) is 0 Å². The van der Waals surface area contributed by atoms with Crippen LogP contribution >= 0.6 is 34.2 Å². The van der Waals surface area contributed by atoms with Gasteiger partial charge in [0.25, 0.3) is 5.91 Å². The van der Waals surface area contributed by atoms with Crippen molar-refractivity contribution in [1.29, 1.82) is 0 Å². The van der Waals surface area contributed by atoms with Crippen LogP contribution in [0, 0.1) is 3.57 Å². The number of nitrogens with one attached hydrogen (secondary N) is 1. The van der Waals surface area contributed by atoms with Gasteiger partial charge in [-0.15, -0.1) is 0 Å². The number of hydrogen-bond acceptors (Lipinski definition) is 1. The Morgan fingerprint density at radius 1 is 1.29 bits per heavy atom. The fourth-order valence-electron chi connectivity index (χ4n) is 1.95. The van der Waals surface area contributed by atoms with E-state index >= 15 is 0 Å². The van der Waals surface area contributed by atoms with Gasteiger partial charge in [0.2, 0.25) is 0 Å². The van der Waals surface area contributed by atoms with Crippen molar-refractivity contribution in [1.82, 2.24) is 0 Å². The maximum absolute atomic E-state index is 11.9. The van der Waals surface area contributed by atoms with Crippen LogP contribution in [0.15, 0.2) is 48.5 Å². The fourth-order valence-corrected chi connectivity index (χ4v) is 2.51. The zero-order valence-corrected chi connectivity index (χ0v) is 14.6. The van der Waals surface area contributed by atoms with Crippen LogP contribution in [0.2, 0.25) is 5.02 Å². The molecule has 110 valence electrons. The maximum Gasteiger partial charge on any atom is 0.279 e. The Labute approximate surface area is 143 Å². The van der Waals surface area contributed by atoms with Gasteiger partial charge in [-0.1, -0.05) is 23.7 Å². The molecule has 0 aromatic heterocycles. The van der Waals surface area contributed by atoms with Crippen LogP contribution in [0.4, 0.5) is 5.69 Å². The minimum absolute atomic E-state index is 0.00918. The molecule has 0 radical (unpaired) electrons. The zero-order valence-electron chi connectivity index (χ0n) is 11.6. The molecule has 0 spiro atoms. The summed E-state index contributed by atoms with van der Waals surface area (Å²) in [5.41, 5.74) is 1.94. The molecule has 0 fully saturated rings. The first-order valence-corrected chi connectivity index (χ1v) is 8.14. The van der Waals surface area contributed by atoms with Gasteiger partial charge in [0.1, 0.15) is 6.04 Å². The van der Waals surface area contributed by atoms with E-state index in [1.165, 1.54) is 0 Å². The van der Waals surface area contributed by atoms with Crippen molar-refractivity contribution < 1.29 is 10.1 Å². The number of halogens is 2. The quantitative estimate of drug-likeness (QED) is 0.724. The summed E-state index contributed by atoms with van der Waals surface area (Å²) >= 11 is 8.21. The van der Waals surface area contributed by atoms with Crippen molar-refractivity contribution in [2.45, 2.75) is 13.0 Å². The molecule has 2 rings (SSSR count). The molecule has 0 bridgehead atoms. The van der Waals surface area contributed by atoms with E-state index in [0.29, 0.717) is 6.54 Å².